The average molecular weight is 438 g/mol. The van der Waals surface area contributed by atoms with Crippen LogP contribution >= 0.6 is 22.6 Å². The molecule has 0 heterocycles. The highest BCUT2D eigenvalue weighted by molar-refractivity contribution is 14.1. The third-order valence-electron chi connectivity index (χ3n) is 3.33. The second kappa shape index (κ2) is 12.3. The van der Waals surface area contributed by atoms with Crippen molar-refractivity contribution in [3.63, 3.8) is 0 Å². The van der Waals surface area contributed by atoms with Crippen molar-refractivity contribution in [2.24, 2.45) is 5.92 Å². The van der Waals surface area contributed by atoms with Gasteiger partial charge in [0.2, 0.25) is 0 Å². The number of carboxylic acids is 2. The fraction of sp³-hybridized carbons (Fsp3) is 0.529. The molecule has 1 unspecified atom stereocenters. The van der Waals surface area contributed by atoms with Crippen molar-refractivity contribution in [3.8, 4) is 0 Å². The van der Waals surface area contributed by atoms with Crippen LogP contribution in [0.15, 0.2) is 18.2 Å². The zero-order valence-electron chi connectivity index (χ0n) is 13.5. The third-order valence-corrected chi connectivity index (χ3v) is 4.23. The SMILES string of the molecule is CCCCCC(C)CCC(=O)O.O=C(O)c1c(F)cccc1I. The number of unbranched alkanes of at least 4 members (excludes halogenated alkanes) is 2. The van der Waals surface area contributed by atoms with Gasteiger partial charge in [0.25, 0.3) is 0 Å². The van der Waals surface area contributed by atoms with Gasteiger partial charge in [-0.25, -0.2) is 9.18 Å². The molecule has 0 spiro atoms. The summed E-state index contributed by atoms with van der Waals surface area (Å²) in [6.07, 6.45) is 6.10. The molecule has 23 heavy (non-hydrogen) atoms. The molecule has 0 amide bonds. The fourth-order valence-electron chi connectivity index (χ4n) is 1.96. The highest BCUT2D eigenvalue weighted by Gasteiger charge is 2.12. The molecular formula is C17H24FIO4. The Morgan fingerprint density at radius 2 is 1.87 bits per heavy atom. The van der Waals surface area contributed by atoms with Crippen LogP contribution in [0.2, 0.25) is 0 Å². The van der Waals surface area contributed by atoms with Crippen LogP contribution in [0.4, 0.5) is 4.39 Å². The van der Waals surface area contributed by atoms with Crippen LogP contribution in [0.25, 0.3) is 0 Å². The lowest BCUT2D eigenvalue weighted by Crippen LogP contribution is -2.02. The molecular weight excluding hydrogens is 414 g/mol. The number of aliphatic carboxylic acids is 1. The molecule has 0 aliphatic carbocycles. The van der Waals surface area contributed by atoms with Gasteiger partial charge in [-0.15, -0.1) is 0 Å². The van der Waals surface area contributed by atoms with E-state index in [4.69, 9.17) is 10.2 Å². The van der Waals surface area contributed by atoms with Gasteiger partial charge in [0.1, 0.15) is 11.4 Å². The highest BCUT2D eigenvalue weighted by Crippen LogP contribution is 2.15. The summed E-state index contributed by atoms with van der Waals surface area (Å²) in [6.45, 7) is 4.32. The summed E-state index contributed by atoms with van der Waals surface area (Å²) in [6, 6.07) is 4.16. The molecule has 6 heteroatoms. The lowest BCUT2D eigenvalue weighted by Gasteiger charge is -2.08. The molecule has 1 aromatic carbocycles. The van der Waals surface area contributed by atoms with Crippen molar-refractivity contribution in [2.45, 2.75) is 52.4 Å². The first kappa shape index (κ1) is 21.8. The van der Waals surface area contributed by atoms with Crippen LogP contribution in [0.3, 0.4) is 0 Å². The van der Waals surface area contributed by atoms with Gasteiger partial charge < -0.3 is 10.2 Å². The zero-order valence-corrected chi connectivity index (χ0v) is 15.7. The molecule has 0 saturated heterocycles. The van der Waals surface area contributed by atoms with Crippen LogP contribution in [0.5, 0.6) is 0 Å². The Balaban J connectivity index is 0.000000422. The minimum Gasteiger partial charge on any atom is -0.481 e. The molecule has 4 nitrogen and oxygen atoms in total. The largest absolute Gasteiger partial charge is 0.481 e. The smallest absolute Gasteiger partial charge is 0.339 e. The molecule has 0 radical (unpaired) electrons. The first-order valence-corrected chi connectivity index (χ1v) is 8.76. The van der Waals surface area contributed by atoms with E-state index in [0.29, 0.717) is 15.9 Å². The topological polar surface area (TPSA) is 74.6 Å². The standard InChI is InChI=1S/C10H20O2.C7H4FIO2/c1-3-4-5-6-9(2)7-8-10(11)12;8-4-2-1-3-5(9)6(4)7(10)11/h9H,3-8H2,1-2H3,(H,11,12);1-3H,(H,10,11). The number of hydrogen-bond acceptors (Lipinski definition) is 2. The number of rotatable bonds is 8. The van der Waals surface area contributed by atoms with E-state index in [0.717, 1.165) is 12.5 Å². The van der Waals surface area contributed by atoms with Crippen molar-refractivity contribution >= 4 is 34.5 Å². The van der Waals surface area contributed by atoms with Crippen LogP contribution in [0.1, 0.15) is 62.7 Å². The van der Waals surface area contributed by atoms with Crippen molar-refractivity contribution in [1.29, 1.82) is 0 Å². The van der Waals surface area contributed by atoms with Gasteiger partial charge in [-0.1, -0.05) is 45.6 Å². The maximum atomic E-state index is 12.7. The number of carbonyl (C=O) groups is 2. The van der Waals surface area contributed by atoms with Gasteiger partial charge in [-0.05, 0) is 47.1 Å². The van der Waals surface area contributed by atoms with E-state index in [1.807, 2.05) is 0 Å². The number of benzene rings is 1. The molecule has 1 atom stereocenters. The maximum absolute atomic E-state index is 12.7. The Labute approximate surface area is 150 Å². The quantitative estimate of drug-likeness (QED) is 0.433. The van der Waals surface area contributed by atoms with E-state index in [-0.39, 0.29) is 5.56 Å². The van der Waals surface area contributed by atoms with E-state index >= 15 is 0 Å². The van der Waals surface area contributed by atoms with Gasteiger partial charge in [0.05, 0.1) is 0 Å². The van der Waals surface area contributed by atoms with Crippen LogP contribution < -0.4 is 0 Å². The molecule has 0 bridgehead atoms. The maximum Gasteiger partial charge on any atom is 0.339 e. The monoisotopic (exact) mass is 438 g/mol. The summed E-state index contributed by atoms with van der Waals surface area (Å²) in [5, 5.41) is 16.9. The van der Waals surface area contributed by atoms with Gasteiger partial charge in [0, 0.05) is 9.99 Å². The van der Waals surface area contributed by atoms with Gasteiger partial charge in [-0.2, -0.15) is 0 Å². The van der Waals surface area contributed by atoms with Gasteiger partial charge in [0.15, 0.2) is 0 Å². The van der Waals surface area contributed by atoms with Gasteiger partial charge in [-0.3, -0.25) is 4.79 Å². The summed E-state index contributed by atoms with van der Waals surface area (Å²) in [7, 11) is 0. The fourth-order valence-corrected chi connectivity index (χ4v) is 2.66. The first-order valence-electron chi connectivity index (χ1n) is 7.68. The minimum absolute atomic E-state index is 0.256. The molecule has 0 saturated carbocycles. The molecule has 0 aliphatic heterocycles. The predicted octanol–water partition coefficient (Wildman–Crippen LogP) is 5.20. The van der Waals surface area contributed by atoms with E-state index in [1.165, 1.54) is 31.7 Å². The van der Waals surface area contributed by atoms with Crippen molar-refractivity contribution in [2.75, 3.05) is 0 Å². The molecule has 2 N–H and O–H groups in total. The van der Waals surface area contributed by atoms with Crippen LogP contribution in [0, 0.1) is 15.3 Å². The normalized spacial score (nSPS) is 11.3. The second-order valence-corrected chi connectivity index (χ2v) is 6.60. The predicted molar refractivity (Wildman–Crippen MR) is 96.3 cm³/mol. The third kappa shape index (κ3) is 10.3. The summed E-state index contributed by atoms with van der Waals surface area (Å²) in [4.78, 5) is 20.6. The minimum atomic E-state index is -1.23. The Bertz CT molecular complexity index is 485. The number of aromatic carboxylic acids is 1. The Morgan fingerprint density at radius 3 is 2.30 bits per heavy atom. The Hall–Kier alpha value is -1.18. The molecule has 130 valence electrons. The highest BCUT2D eigenvalue weighted by atomic mass is 127. The van der Waals surface area contributed by atoms with Crippen LogP contribution in [-0.2, 0) is 4.79 Å². The molecule has 1 rings (SSSR count). The van der Waals surface area contributed by atoms with E-state index in [2.05, 4.69) is 13.8 Å². The van der Waals surface area contributed by atoms with E-state index in [1.54, 1.807) is 28.7 Å². The number of carboxylic acid groups (broad SMARTS) is 2. The second-order valence-electron chi connectivity index (χ2n) is 5.44. The average Bonchev–Trinajstić information content (AvgIpc) is 2.45. The zero-order chi connectivity index (χ0) is 17.8. The van der Waals surface area contributed by atoms with E-state index < -0.39 is 17.8 Å². The first-order chi connectivity index (χ1) is 10.8. The summed E-state index contributed by atoms with van der Waals surface area (Å²) >= 11 is 1.78. The molecule has 1 aromatic rings. The number of halogens is 2. The summed E-state index contributed by atoms with van der Waals surface area (Å²) < 4.78 is 13.1. The van der Waals surface area contributed by atoms with Crippen molar-refractivity contribution in [3.05, 3.63) is 33.1 Å². The summed E-state index contributed by atoms with van der Waals surface area (Å²) in [5.74, 6) is -2.01. The van der Waals surface area contributed by atoms with Crippen LogP contribution in [-0.4, -0.2) is 22.2 Å². The molecule has 0 aliphatic rings. The molecule has 0 fully saturated rings. The van der Waals surface area contributed by atoms with Gasteiger partial charge >= 0.3 is 11.9 Å². The Morgan fingerprint density at radius 1 is 1.22 bits per heavy atom. The lowest BCUT2D eigenvalue weighted by atomic mass is 9.98. The summed E-state index contributed by atoms with van der Waals surface area (Å²) in [5.41, 5.74) is -0.256. The van der Waals surface area contributed by atoms with E-state index in [9.17, 15) is 14.0 Å². The van der Waals surface area contributed by atoms with Crippen molar-refractivity contribution < 1.29 is 24.2 Å². The molecule has 0 aromatic heterocycles. The Kier molecular flexibility index (Phi) is 11.6. The number of hydrogen-bond donors (Lipinski definition) is 2. The lowest BCUT2D eigenvalue weighted by molar-refractivity contribution is -0.137. The van der Waals surface area contributed by atoms with Crippen molar-refractivity contribution in [1.82, 2.24) is 0 Å².